The number of hydrogen-bond acceptors (Lipinski definition) is 3. The smallest absolute Gasteiger partial charge is 0.320 e. The molecular weight excluding hydrogens is 194 g/mol. The van der Waals surface area contributed by atoms with Crippen molar-refractivity contribution in [1.82, 2.24) is 5.32 Å². The number of ether oxygens (including phenoxy) is 1. The van der Waals surface area contributed by atoms with Gasteiger partial charge in [0.15, 0.2) is 0 Å². The molecule has 2 atom stereocenters. The number of carbonyl (C=O) groups is 1. The van der Waals surface area contributed by atoms with Crippen molar-refractivity contribution in [3.8, 4) is 0 Å². The van der Waals surface area contributed by atoms with Crippen LogP contribution in [-0.2, 0) is 9.53 Å². The Morgan fingerprint density at radius 3 is 2.60 bits per heavy atom. The fraction of sp³-hybridized carbons (Fsp3) is 0.909. The molecule has 0 aliphatic heterocycles. The molecule has 4 nitrogen and oxygen atoms in total. The van der Waals surface area contributed by atoms with Crippen LogP contribution in [0.25, 0.3) is 0 Å². The minimum atomic E-state index is -0.795. The van der Waals surface area contributed by atoms with Crippen LogP contribution in [0.4, 0.5) is 0 Å². The highest BCUT2D eigenvalue weighted by atomic mass is 16.5. The minimum absolute atomic E-state index is 0.214. The summed E-state index contributed by atoms with van der Waals surface area (Å²) in [6.45, 7) is 7.30. The van der Waals surface area contributed by atoms with Crippen molar-refractivity contribution in [3.05, 3.63) is 0 Å². The Hall–Kier alpha value is -0.610. The van der Waals surface area contributed by atoms with Crippen molar-refractivity contribution < 1.29 is 14.6 Å². The van der Waals surface area contributed by atoms with E-state index in [9.17, 15) is 4.79 Å². The maximum atomic E-state index is 10.8. The molecule has 15 heavy (non-hydrogen) atoms. The van der Waals surface area contributed by atoms with Gasteiger partial charge in [0.25, 0.3) is 0 Å². The van der Waals surface area contributed by atoms with Crippen LogP contribution >= 0.6 is 0 Å². The summed E-state index contributed by atoms with van der Waals surface area (Å²) >= 11 is 0. The second-order valence-corrected chi connectivity index (χ2v) is 3.72. The zero-order valence-corrected chi connectivity index (χ0v) is 9.95. The molecule has 0 heterocycles. The molecule has 0 saturated carbocycles. The quantitative estimate of drug-likeness (QED) is 0.616. The van der Waals surface area contributed by atoms with Crippen molar-refractivity contribution in [1.29, 1.82) is 0 Å². The van der Waals surface area contributed by atoms with Gasteiger partial charge in [-0.1, -0.05) is 13.8 Å². The number of aliphatic carboxylic acids is 1. The molecule has 0 aliphatic carbocycles. The third-order valence-corrected chi connectivity index (χ3v) is 2.32. The maximum Gasteiger partial charge on any atom is 0.320 e. The average Bonchev–Trinajstić information content (AvgIpc) is 2.22. The van der Waals surface area contributed by atoms with Gasteiger partial charge in [-0.3, -0.25) is 4.79 Å². The third-order valence-electron chi connectivity index (χ3n) is 2.32. The SMILES string of the molecule is CCCNC(CCOC(C)CC)C(=O)O. The highest BCUT2D eigenvalue weighted by molar-refractivity contribution is 5.73. The van der Waals surface area contributed by atoms with Gasteiger partial charge in [-0.15, -0.1) is 0 Å². The molecule has 0 spiro atoms. The number of carboxylic acid groups (broad SMARTS) is 1. The van der Waals surface area contributed by atoms with Gasteiger partial charge in [-0.25, -0.2) is 0 Å². The Labute approximate surface area is 92.0 Å². The second kappa shape index (κ2) is 8.68. The minimum Gasteiger partial charge on any atom is -0.480 e. The summed E-state index contributed by atoms with van der Waals surface area (Å²) in [6, 6.07) is -0.478. The first-order chi connectivity index (χ1) is 7.11. The number of carboxylic acids is 1. The van der Waals surface area contributed by atoms with Gasteiger partial charge in [0.1, 0.15) is 6.04 Å². The zero-order chi connectivity index (χ0) is 11.7. The molecule has 90 valence electrons. The van der Waals surface area contributed by atoms with Gasteiger partial charge in [0.05, 0.1) is 6.10 Å². The largest absolute Gasteiger partial charge is 0.480 e. The van der Waals surface area contributed by atoms with E-state index in [0.29, 0.717) is 13.0 Å². The normalized spacial score (nSPS) is 14.9. The summed E-state index contributed by atoms with van der Waals surface area (Å²) in [6.07, 6.45) is 2.64. The first-order valence-corrected chi connectivity index (χ1v) is 5.69. The molecule has 2 N–H and O–H groups in total. The van der Waals surface area contributed by atoms with Gasteiger partial charge in [0, 0.05) is 6.61 Å². The maximum absolute atomic E-state index is 10.8. The van der Waals surface area contributed by atoms with Crippen molar-refractivity contribution in [2.45, 2.75) is 52.2 Å². The van der Waals surface area contributed by atoms with Gasteiger partial charge in [0.2, 0.25) is 0 Å². The first kappa shape index (κ1) is 14.4. The van der Waals surface area contributed by atoms with Crippen molar-refractivity contribution >= 4 is 5.97 Å². The van der Waals surface area contributed by atoms with Crippen LogP contribution in [0.15, 0.2) is 0 Å². The molecule has 0 aromatic carbocycles. The van der Waals surface area contributed by atoms with E-state index in [-0.39, 0.29) is 6.10 Å². The summed E-state index contributed by atoms with van der Waals surface area (Å²) in [5.74, 6) is -0.795. The van der Waals surface area contributed by atoms with Crippen LogP contribution in [0.2, 0.25) is 0 Å². The van der Waals surface area contributed by atoms with Gasteiger partial charge in [-0.2, -0.15) is 0 Å². The van der Waals surface area contributed by atoms with E-state index in [1.165, 1.54) is 0 Å². The highest BCUT2D eigenvalue weighted by Crippen LogP contribution is 2.00. The number of hydrogen-bond donors (Lipinski definition) is 2. The van der Waals surface area contributed by atoms with E-state index < -0.39 is 12.0 Å². The van der Waals surface area contributed by atoms with Crippen LogP contribution in [0.3, 0.4) is 0 Å². The van der Waals surface area contributed by atoms with Crippen LogP contribution in [0.5, 0.6) is 0 Å². The zero-order valence-electron chi connectivity index (χ0n) is 9.95. The molecular formula is C11H23NO3. The summed E-state index contributed by atoms with van der Waals surface area (Å²) < 4.78 is 5.45. The summed E-state index contributed by atoms with van der Waals surface area (Å²) in [5, 5.41) is 11.9. The van der Waals surface area contributed by atoms with Crippen LogP contribution in [0.1, 0.15) is 40.0 Å². The van der Waals surface area contributed by atoms with Crippen LogP contribution < -0.4 is 5.32 Å². The number of nitrogens with one attached hydrogen (secondary N) is 1. The van der Waals surface area contributed by atoms with Crippen molar-refractivity contribution in [2.24, 2.45) is 0 Å². The van der Waals surface area contributed by atoms with Crippen molar-refractivity contribution in [3.63, 3.8) is 0 Å². The fourth-order valence-electron chi connectivity index (χ4n) is 1.14. The molecule has 2 unspecified atom stereocenters. The van der Waals surface area contributed by atoms with Crippen molar-refractivity contribution in [2.75, 3.05) is 13.2 Å². The van der Waals surface area contributed by atoms with E-state index in [0.717, 1.165) is 19.4 Å². The second-order valence-electron chi connectivity index (χ2n) is 3.72. The lowest BCUT2D eigenvalue weighted by Gasteiger charge is -2.15. The van der Waals surface area contributed by atoms with Crippen LogP contribution in [-0.4, -0.2) is 36.4 Å². The molecule has 0 aliphatic rings. The third kappa shape index (κ3) is 7.33. The molecule has 0 bridgehead atoms. The monoisotopic (exact) mass is 217 g/mol. The van der Waals surface area contributed by atoms with E-state index in [1.54, 1.807) is 0 Å². The van der Waals surface area contributed by atoms with Gasteiger partial charge >= 0.3 is 5.97 Å². The van der Waals surface area contributed by atoms with E-state index in [1.807, 2.05) is 13.8 Å². The van der Waals surface area contributed by atoms with E-state index in [4.69, 9.17) is 9.84 Å². The Kier molecular flexibility index (Phi) is 8.33. The van der Waals surface area contributed by atoms with Crippen LogP contribution in [0, 0.1) is 0 Å². The summed E-state index contributed by atoms with van der Waals surface area (Å²) in [7, 11) is 0. The number of rotatable bonds is 9. The lowest BCUT2D eigenvalue weighted by molar-refractivity contribution is -0.140. The highest BCUT2D eigenvalue weighted by Gasteiger charge is 2.15. The van der Waals surface area contributed by atoms with E-state index >= 15 is 0 Å². The lowest BCUT2D eigenvalue weighted by atomic mass is 10.2. The lowest BCUT2D eigenvalue weighted by Crippen LogP contribution is -2.38. The molecule has 0 rings (SSSR count). The first-order valence-electron chi connectivity index (χ1n) is 5.69. The Morgan fingerprint density at radius 1 is 1.47 bits per heavy atom. The van der Waals surface area contributed by atoms with Gasteiger partial charge in [-0.05, 0) is 32.7 Å². The molecule has 0 amide bonds. The molecule has 0 aromatic heterocycles. The van der Waals surface area contributed by atoms with Gasteiger partial charge < -0.3 is 15.2 Å². The molecule has 0 aromatic rings. The summed E-state index contributed by atoms with van der Waals surface area (Å²) in [5.41, 5.74) is 0. The Balaban J connectivity index is 3.71. The summed E-state index contributed by atoms with van der Waals surface area (Å²) in [4.78, 5) is 10.8. The molecule has 4 heteroatoms. The molecule has 0 fully saturated rings. The predicted octanol–water partition coefficient (Wildman–Crippen LogP) is 1.64. The molecule has 0 radical (unpaired) electrons. The fourth-order valence-corrected chi connectivity index (χ4v) is 1.14. The Morgan fingerprint density at radius 2 is 2.13 bits per heavy atom. The Bertz CT molecular complexity index is 173. The standard InChI is InChI=1S/C11H23NO3/c1-4-7-12-10(11(13)14)6-8-15-9(3)5-2/h9-10,12H,4-8H2,1-3H3,(H,13,14). The average molecular weight is 217 g/mol. The topological polar surface area (TPSA) is 58.6 Å². The molecule has 0 saturated heterocycles. The van der Waals surface area contributed by atoms with E-state index in [2.05, 4.69) is 12.2 Å². The predicted molar refractivity (Wildman–Crippen MR) is 60.0 cm³/mol.